The number of rotatable bonds is 1. The van der Waals surface area contributed by atoms with Gasteiger partial charge in [-0.2, -0.15) is 0 Å². The molecule has 3 nitrogen and oxygen atoms in total. The zero-order valence-electron chi connectivity index (χ0n) is 7.33. The minimum Gasteiger partial charge on any atom is -0.507 e. The molecule has 0 atom stereocenters. The van der Waals surface area contributed by atoms with E-state index in [0.29, 0.717) is 30.4 Å². The average Bonchev–Trinajstić information content (AvgIpc) is 2.54. The summed E-state index contributed by atoms with van der Waals surface area (Å²) in [5.41, 5.74) is 1.90. The summed E-state index contributed by atoms with van der Waals surface area (Å²) in [4.78, 5) is 10.7. The fourth-order valence-corrected chi connectivity index (χ4v) is 1.62. The van der Waals surface area contributed by atoms with E-state index in [1.807, 2.05) is 0 Å². The Morgan fingerprint density at radius 3 is 3.08 bits per heavy atom. The largest absolute Gasteiger partial charge is 0.507 e. The van der Waals surface area contributed by atoms with Gasteiger partial charge >= 0.3 is 0 Å². The quantitative estimate of drug-likeness (QED) is 0.662. The molecule has 0 spiro atoms. The monoisotopic (exact) mass is 178 g/mol. The molecule has 0 amide bonds. The normalized spacial score (nSPS) is 13.6. The maximum atomic E-state index is 10.7. The number of carbonyl (C=O) groups excluding carboxylic acids is 1. The van der Waals surface area contributed by atoms with Crippen molar-refractivity contribution in [2.45, 2.75) is 13.3 Å². The van der Waals surface area contributed by atoms with E-state index in [0.717, 1.165) is 11.3 Å². The molecular formula is C10H10O3. The van der Waals surface area contributed by atoms with Gasteiger partial charge in [0.25, 0.3) is 0 Å². The highest BCUT2D eigenvalue weighted by molar-refractivity contribution is 5.84. The number of phenolic OH excluding ortho intramolecular Hbond substituents is 1. The van der Waals surface area contributed by atoms with Gasteiger partial charge in [-0.25, -0.2) is 0 Å². The third-order valence-corrected chi connectivity index (χ3v) is 2.33. The Morgan fingerprint density at radius 1 is 1.62 bits per heavy atom. The fraction of sp³-hybridized carbons (Fsp3) is 0.300. The Morgan fingerprint density at radius 2 is 2.38 bits per heavy atom. The first-order valence-electron chi connectivity index (χ1n) is 4.17. The summed E-state index contributed by atoms with van der Waals surface area (Å²) in [7, 11) is 0. The zero-order chi connectivity index (χ0) is 9.42. The molecule has 0 bridgehead atoms. The molecule has 0 saturated carbocycles. The van der Waals surface area contributed by atoms with Crippen LogP contribution in [-0.2, 0) is 6.42 Å². The number of phenols is 1. The van der Waals surface area contributed by atoms with E-state index in [1.54, 1.807) is 13.0 Å². The van der Waals surface area contributed by atoms with Gasteiger partial charge in [0.05, 0.1) is 12.2 Å². The Kier molecular flexibility index (Phi) is 1.72. The van der Waals surface area contributed by atoms with Crippen LogP contribution in [0.1, 0.15) is 21.5 Å². The van der Waals surface area contributed by atoms with Crippen LogP contribution in [0.3, 0.4) is 0 Å². The topological polar surface area (TPSA) is 46.5 Å². The van der Waals surface area contributed by atoms with E-state index in [4.69, 9.17) is 4.74 Å². The fourth-order valence-electron chi connectivity index (χ4n) is 1.62. The molecule has 1 aromatic carbocycles. The molecule has 1 N–H and O–H groups in total. The number of hydrogen-bond acceptors (Lipinski definition) is 3. The van der Waals surface area contributed by atoms with Crippen LogP contribution in [0.5, 0.6) is 11.5 Å². The maximum absolute atomic E-state index is 10.7. The second-order valence-corrected chi connectivity index (χ2v) is 3.15. The number of hydrogen-bond donors (Lipinski definition) is 1. The van der Waals surface area contributed by atoms with Gasteiger partial charge < -0.3 is 9.84 Å². The van der Waals surface area contributed by atoms with Gasteiger partial charge in [-0.05, 0) is 18.6 Å². The number of aryl methyl sites for hydroxylation is 1. The summed E-state index contributed by atoms with van der Waals surface area (Å²) >= 11 is 0. The molecule has 1 aromatic rings. The van der Waals surface area contributed by atoms with Crippen LogP contribution in [-0.4, -0.2) is 18.0 Å². The highest BCUT2D eigenvalue weighted by atomic mass is 16.5. The minimum absolute atomic E-state index is 0.0826. The average molecular weight is 178 g/mol. The van der Waals surface area contributed by atoms with Crippen molar-refractivity contribution in [3.8, 4) is 11.5 Å². The summed E-state index contributed by atoms with van der Waals surface area (Å²) in [5.74, 6) is 0.816. The number of aldehydes is 1. The summed E-state index contributed by atoms with van der Waals surface area (Å²) in [6.45, 7) is 2.35. The van der Waals surface area contributed by atoms with Crippen LogP contribution in [0, 0.1) is 6.92 Å². The first-order valence-corrected chi connectivity index (χ1v) is 4.17. The number of carbonyl (C=O) groups is 1. The van der Waals surface area contributed by atoms with Crippen LogP contribution in [0.25, 0.3) is 0 Å². The Labute approximate surface area is 76.0 Å². The lowest BCUT2D eigenvalue weighted by molar-refractivity contribution is 0.112. The highest BCUT2D eigenvalue weighted by Crippen LogP contribution is 2.35. The van der Waals surface area contributed by atoms with E-state index in [-0.39, 0.29) is 5.75 Å². The van der Waals surface area contributed by atoms with Crippen molar-refractivity contribution in [2.75, 3.05) is 6.61 Å². The molecule has 68 valence electrons. The van der Waals surface area contributed by atoms with Gasteiger partial charge in [0, 0.05) is 12.0 Å². The van der Waals surface area contributed by atoms with Gasteiger partial charge in [-0.15, -0.1) is 0 Å². The molecule has 0 aromatic heterocycles. The first kappa shape index (κ1) is 8.10. The maximum Gasteiger partial charge on any atom is 0.154 e. The van der Waals surface area contributed by atoms with E-state index in [2.05, 4.69) is 0 Å². The molecule has 2 rings (SSSR count). The second-order valence-electron chi connectivity index (χ2n) is 3.15. The van der Waals surface area contributed by atoms with E-state index < -0.39 is 0 Å². The molecule has 0 radical (unpaired) electrons. The molecule has 1 aliphatic heterocycles. The lowest BCUT2D eigenvalue weighted by Crippen LogP contribution is -1.91. The van der Waals surface area contributed by atoms with Crippen molar-refractivity contribution in [1.29, 1.82) is 0 Å². The molecular weight excluding hydrogens is 168 g/mol. The third-order valence-electron chi connectivity index (χ3n) is 2.33. The predicted molar refractivity (Wildman–Crippen MR) is 47.4 cm³/mol. The van der Waals surface area contributed by atoms with Crippen LogP contribution < -0.4 is 4.74 Å². The standard InChI is InChI=1S/C10H10O3/c1-6-4-9-7(2-3-13-9)8(5-11)10(6)12/h4-5,12H,2-3H2,1H3. The lowest BCUT2D eigenvalue weighted by atomic mass is 10.0. The molecule has 1 heterocycles. The van der Waals surface area contributed by atoms with Gasteiger partial charge in [0.15, 0.2) is 6.29 Å². The summed E-state index contributed by atoms with van der Waals surface area (Å²) < 4.78 is 5.31. The van der Waals surface area contributed by atoms with Crippen LogP contribution in [0.15, 0.2) is 6.07 Å². The summed E-state index contributed by atoms with van der Waals surface area (Å²) in [6.07, 6.45) is 1.40. The highest BCUT2D eigenvalue weighted by Gasteiger charge is 2.20. The molecule has 0 saturated heterocycles. The first-order chi connectivity index (χ1) is 6.24. The Balaban J connectivity index is 2.71. The third kappa shape index (κ3) is 1.08. The van der Waals surface area contributed by atoms with Crippen LogP contribution in [0.4, 0.5) is 0 Å². The van der Waals surface area contributed by atoms with Gasteiger partial charge in [-0.1, -0.05) is 0 Å². The van der Waals surface area contributed by atoms with Crippen LogP contribution >= 0.6 is 0 Å². The smallest absolute Gasteiger partial charge is 0.154 e. The van der Waals surface area contributed by atoms with Crippen molar-refractivity contribution >= 4 is 6.29 Å². The van der Waals surface area contributed by atoms with E-state index >= 15 is 0 Å². The molecule has 0 unspecified atom stereocenters. The molecule has 0 aliphatic carbocycles. The molecule has 13 heavy (non-hydrogen) atoms. The van der Waals surface area contributed by atoms with Crippen molar-refractivity contribution in [1.82, 2.24) is 0 Å². The van der Waals surface area contributed by atoms with Gasteiger partial charge in [0.1, 0.15) is 11.5 Å². The van der Waals surface area contributed by atoms with Gasteiger partial charge in [-0.3, -0.25) is 4.79 Å². The van der Waals surface area contributed by atoms with Crippen molar-refractivity contribution in [3.05, 3.63) is 22.8 Å². The zero-order valence-corrected chi connectivity index (χ0v) is 7.33. The summed E-state index contributed by atoms with van der Waals surface area (Å²) in [6, 6.07) is 1.77. The number of benzene rings is 1. The molecule has 0 fully saturated rings. The van der Waals surface area contributed by atoms with E-state index in [9.17, 15) is 9.90 Å². The van der Waals surface area contributed by atoms with Crippen LogP contribution in [0.2, 0.25) is 0 Å². The number of aromatic hydroxyl groups is 1. The predicted octanol–water partition coefficient (Wildman–Crippen LogP) is 1.45. The Hall–Kier alpha value is -1.51. The molecule has 1 aliphatic rings. The van der Waals surface area contributed by atoms with E-state index in [1.165, 1.54) is 0 Å². The lowest BCUT2D eigenvalue weighted by Gasteiger charge is -2.06. The van der Waals surface area contributed by atoms with Gasteiger partial charge in [0.2, 0.25) is 0 Å². The number of ether oxygens (including phenoxy) is 1. The SMILES string of the molecule is Cc1cc2c(c(C=O)c1O)CCO2. The Bertz CT molecular complexity index is 369. The molecule has 3 heteroatoms. The number of fused-ring (bicyclic) bond motifs is 1. The minimum atomic E-state index is 0.0826. The van der Waals surface area contributed by atoms with Crippen molar-refractivity contribution < 1.29 is 14.6 Å². The van der Waals surface area contributed by atoms with Crippen molar-refractivity contribution in [3.63, 3.8) is 0 Å². The summed E-state index contributed by atoms with van der Waals surface area (Å²) in [5, 5.41) is 9.57. The second kappa shape index (κ2) is 2.76. The van der Waals surface area contributed by atoms with Crippen molar-refractivity contribution in [2.24, 2.45) is 0 Å².